The molecule has 1 unspecified atom stereocenters. The average Bonchev–Trinajstić information content (AvgIpc) is 2.79. The Morgan fingerprint density at radius 1 is 1.19 bits per heavy atom. The molecule has 1 atom stereocenters. The van der Waals surface area contributed by atoms with Crippen LogP contribution in [0.25, 0.3) is 0 Å². The van der Waals surface area contributed by atoms with Crippen LogP contribution in [0.1, 0.15) is 49.9 Å². The molecule has 0 saturated carbocycles. The van der Waals surface area contributed by atoms with Gasteiger partial charge in [0.2, 0.25) is 0 Å². The van der Waals surface area contributed by atoms with E-state index in [0.29, 0.717) is 0 Å². The number of benzene rings is 1. The third-order valence-electron chi connectivity index (χ3n) is 4.19. The van der Waals surface area contributed by atoms with Crippen molar-refractivity contribution in [2.45, 2.75) is 38.6 Å². The Bertz CT molecular complexity index is 602. The number of hydrogen-bond donors (Lipinski definition) is 1. The minimum Gasteiger partial charge on any atom is -0.309 e. The van der Waals surface area contributed by atoms with Crippen molar-refractivity contribution in [2.75, 3.05) is 7.05 Å². The highest BCUT2D eigenvalue weighted by atomic mass is 35.5. The van der Waals surface area contributed by atoms with Crippen molar-refractivity contribution in [3.8, 4) is 0 Å². The van der Waals surface area contributed by atoms with Crippen molar-refractivity contribution in [1.29, 1.82) is 0 Å². The summed E-state index contributed by atoms with van der Waals surface area (Å²) in [4.78, 5) is 0. The standard InChI is InChI=1S/C17H21Cl2NS/c1-5-17(2,3)12-8-6-11(7-9-12)15(20-4)13-10-14(18)21-16(13)19/h6-10,15,20H,5H2,1-4H3. The molecule has 114 valence electrons. The third-order valence-corrected chi connectivity index (χ3v) is 5.71. The van der Waals surface area contributed by atoms with Gasteiger partial charge in [0.1, 0.15) is 0 Å². The Kier molecular flexibility index (Phi) is 5.37. The van der Waals surface area contributed by atoms with Crippen molar-refractivity contribution in [2.24, 2.45) is 0 Å². The van der Waals surface area contributed by atoms with Gasteiger partial charge in [-0.15, -0.1) is 11.3 Å². The largest absolute Gasteiger partial charge is 0.309 e. The summed E-state index contributed by atoms with van der Waals surface area (Å²) < 4.78 is 1.47. The number of thiophene rings is 1. The lowest BCUT2D eigenvalue weighted by Crippen LogP contribution is -2.19. The van der Waals surface area contributed by atoms with Crippen LogP contribution in [-0.4, -0.2) is 7.05 Å². The van der Waals surface area contributed by atoms with Crippen LogP contribution in [0.3, 0.4) is 0 Å². The second-order valence-corrected chi connectivity index (χ2v) is 8.15. The van der Waals surface area contributed by atoms with Crippen LogP contribution in [0.5, 0.6) is 0 Å². The molecule has 0 aliphatic heterocycles. The molecule has 1 aromatic carbocycles. The maximum Gasteiger partial charge on any atom is 0.0995 e. The number of halogens is 2. The molecule has 0 aliphatic rings. The number of rotatable bonds is 5. The van der Waals surface area contributed by atoms with Gasteiger partial charge in [0.15, 0.2) is 0 Å². The lowest BCUT2D eigenvalue weighted by molar-refractivity contribution is 0.506. The van der Waals surface area contributed by atoms with Crippen LogP contribution >= 0.6 is 34.5 Å². The molecule has 0 saturated heterocycles. The maximum absolute atomic E-state index is 6.29. The first-order chi connectivity index (χ1) is 9.89. The monoisotopic (exact) mass is 341 g/mol. The zero-order valence-electron chi connectivity index (χ0n) is 12.8. The quantitative estimate of drug-likeness (QED) is 0.697. The molecule has 1 aromatic heterocycles. The van der Waals surface area contributed by atoms with Crippen molar-refractivity contribution < 1.29 is 0 Å². The molecule has 2 rings (SSSR count). The van der Waals surface area contributed by atoms with E-state index in [1.807, 2.05) is 13.1 Å². The fourth-order valence-electron chi connectivity index (χ4n) is 2.38. The molecular weight excluding hydrogens is 321 g/mol. The molecule has 0 radical (unpaired) electrons. The first-order valence-corrected chi connectivity index (χ1v) is 8.68. The molecular formula is C17H21Cl2NS. The van der Waals surface area contributed by atoms with Gasteiger partial charge in [-0.2, -0.15) is 0 Å². The van der Waals surface area contributed by atoms with E-state index in [-0.39, 0.29) is 11.5 Å². The lowest BCUT2D eigenvalue weighted by atomic mass is 9.81. The summed E-state index contributed by atoms with van der Waals surface area (Å²) in [6, 6.07) is 10.8. The zero-order valence-corrected chi connectivity index (χ0v) is 15.2. The van der Waals surface area contributed by atoms with Gasteiger partial charge in [-0.05, 0) is 36.1 Å². The minimum absolute atomic E-state index is 0.0695. The van der Waals surface area contributed by atoms with E-state index >= 15 is 0 Å². The van der Waals surface area contributed by atoms with E-state index in [1.54, 1.807) is 0 Å². The van der Waals surface area contributed by atoms with Crippen LogP contribution in [0, 0.1) is 0 Å². The summed E-state index contributed by atoms with van der Waals surface area (Å²) >= 11 is 13.8. The third kappa shape index (κ3) is 3.62. The second kappa shape index (κ2) is 6.70. The summed E-state index contributed by atoms with van der Waals surface area (Å²) in [6.45, 7) is 6.76. The van der Waals surface area contributed by atoms with E-state index in [9.17, 15) is 0 Å². The molecule has 4 heteroatoms. The summed E-state index contributed by atoms with van der Waals surface area (Å²) in [5, 5.41) is 3.32. The maximum atomic E-state index is 6.29. The van der Waals surface area contributed by atoms with Crippen LogP contribution in [0.4, 0.5) is 0 Å². The first kappa shape index (κ1) is 16.8. The summed E-state index contributed by atoms with van der Waals surface area (Å²) in [7, 11) is 1.94. The van der Waals surface area contributed by atoms with Crippen LogP contribution in [0.15, 0.2) is 30.3 Å². The van der Waals surface area contributed by atoms with Gasteiger partial charge in [-0.3, -0.25) is 0 Å². The molecule has 2 aromatic rings. The molecule has 0 bridgehead atoms. The van der Waals surface area contributed by atoms with Crippen molar-refractivity contribution in [3.05, 3.63) is 55.7 Å². The van der Waals surface area contributed by atoms with E-state index in [1.165, 1.54) is 22.5 Å². The Morgan fingerprint density at radius 2 is 1.81 bits per heavy atom. The molecule has 0 fully saturated rings. The predicted octanol–water partition coefficient (Wildman–Crippen LogP) is 6.05. The minimum atomic E-state index is 0.0695. The normalized spacial score (nSPS) is 13.4. The number of hydrogen-bond acceptors (Lipinski definition) is 2. The van der Waals surface area contributed by atoms with Gasteiger partial charge >= 0.3 is 0 Å². The van der Waals surface area contributed by atoms with Crippen LogP contribution in [-0.2, 0) is 5.41 Å². The van der Waals surface area contributed by atoms with Crippen LogP contribution in [0.2, 0.25) is 8.67 Å². The summed E-state index contributed by atoms with van der Waals surface area (Å²) in [5.41, 5.74) is 3.80. The van der Waals surface area contributed by atoms with Gasteiger partial charge in [-0.1, -0.05) is 68.2 Å². The highest BCUT2D eigenvalue weighted by molar-refractivity contribution is 7.20. The smallest absolute Gasteiger partial charge is 0.0995 e. The van der Waals surface area contributed by atoms with Crippen molar-refractivity contribution >= 4 is 34.5 Å². The highest BCUT2D eigenvalue weighted by Gasteiger charge is 2.21. The van der Waals surface area contributed by atoms with Gasteiger partial charge in [0.25, 0.3) is 0 Å². The SMILES string of the molecule is CCC(C)(C)c1ccc(C(NC)c2cc(Cl)sc2Cl)cc1. The molecule has 0 aliphatic carbocycles. The lowest BCUT2D eigenvalue weighted by Gasteiger charge is -2.24. The molecule has 1 heterocycles. The number of nitrogens with one attached hydrogen (secondary N) is 1. The van der Waals surface area contributed by atoms with E-state index in [2.05, 4.69) is 50.4 Å². The first-order valence-electron chi connectivity index (χ1n) is 7.11. The average molecular weight is 342 g/mol. The van der Waals surface area contributed by atoms with E-state index in [4.69, 9.17) is 23.2 Å². The highest BCUT2D eigenvalue weighted by Crippen LogP contribution is 2.37. The molecule has 21 heavy (non-hydrogen) atoms. The van der Waals surface area contributed by atoms with E-state index < -0.39 is 0 Å². The van der Waals surface area contributed by atoms with Gasteiger partial charge < -0.3 is 5.32 Å². The summed E-state index contributed by atoms with van der Waals surface area (Å²) in [5.74, 6) is 0. The molecule has 1 nitrogen and oxygen atoms in total. The van der Waals surface area contributed by atoms with Crippen LogP contribution < -0.4 is 5.32 Å². The molecule has 0 spiro atoms. The zero-order chi connectivity index (χ0) is 15.6. The van der Waals surface area contributed by atoms with Gasteiger partial charge in [0, 0.05) is 5.56 Å². The second-order valence-electron chi connectivity index (χ2n) is 5.86. The Morgan fingerprint density at radius 3 is 2.24 bits per heavy atom. The predicted molar refractivity (Wildman–Crippen MR) is 95.0 cm³/mol. The van der Waals surface area contributed by atoms with Gasteiger partial charge in [-0.25, -0.2) is 0 Å². The molecule has 1 N–H and O–H groups in total. The van der Waals surface area contributed by atoms with Gasteiger partial charge in [0.05, 0.1) is 14.7 Å². The van der Waals surface area contributed by atoms with Crippen molar-refractivity contribution in [1.82, 2.24) is 5.32 Å². The fraction of sp³-hybridized carbons (Fsp3) is 0.412. The fourth-order valence-corrected chi connectivity index (χ4v) is 3.91. The van der Waals surface area contributed by atoms with E-state index in [0.717, 1.165) is 20.7 Å². The topological polar surface area (TPSA) is 12.0 Å². The summed E-state index contributed by atoms with van der Waals surface area (Å²) in [6.07, 6.45) is 1.12. The molecule has 0 amide bonds. The Hall–Kier alpha value is -0.540. The Labute approximate surface area is 141 Å². The Balaban J connectivity index is 2.34. The van der Waals surface area contributed by atoms with Crippen molar-refractivity contribution in [3.63, 3.8) is 0 Å².